The monoisotopic (exact) mass is 517 g/mol. The predicted molar refractivity (Wildman–Crippen MR) is 132 cm³/mol. The van der Waals surface area contributed by atoms with Crippen LogP contribution in [0.2, 0.25) is 0 Å². The molecule has 1 amide bonds. The van der Waals surface area contributed by atoms with Gasteiger partial charge in [-0.3, -0.25) is 9.35 Å². The van der Waals surface area contributed by atoms with Crippen molar-refractivity contribution in [3.05, 3.63) is 0 Å². The van der Waals surface area contributed by atoms with Gasteiger partial charge in [0, 0.05) is 13.0 Å². The maximum atomic E-state index is 12.2. The number of fused-ring (bicyclic) bond motifs is 5. The predicted octanol–water partition coefficient (Wildman–Crippen LogP) is 2.37. The van der Waals surface area contributed by atoms with Gasteiger partial charge < -0.3 is 20.6 Å². The van der Waals surface area contributed by atoms with Crippen molar-refractivity contribution in [1.29, 1.82) is 0 Å². The third-order valence-electron chi connectivity index (χ3n) is 11.0. The molecule has 0 aromatic heterocycles. The summed E-state index contributed by atoms with van der Waals surface area (Å²) >= 11 is 0. The molecule has 11 atom stereocenters. The fraction of sp³-hybridized carbons (Fsp3) is 0.962. The van der Waals surface area contributed by atoms with Crippen LogP contribution in [-0.4, -0.2) is 64.8 Å². The van der Waals surface area contributed by atoms with Crippen molar-refractivity contribution in [1.82, 2.24) is 5.32 Å². The number of hydrogen-bond acceptors (Lipinski definition) is 6. The summed E-state index contributed by atoms with van der Waals surface area (Å²) in [6, 6.07) is 0. The Hall–Kier alpha value is -0.740. The molecule has 0 radical (unpaired) electrons. The van der Waals surface area contributed by atoms with Crippen molar-refractivity contribution in [3.63, 3.8) is 0 Å². The highest BCUT2D eigenvalue weighted by Crippen LogP contribution is 2.68. The first-order valence-corrected chi connectivity index (χ1v) is 15.1. The quantitative estimate of drug-likeness (QED) is 0.326. The lowest BCUT2D eigenvalue weighted by molar-refractivity contribution is -0.207. The first-order valence-electron chi connectivity index (χ1n) is 13.5. The molecular weight excluding hydrogens is 472 g/mol. The third-order valence-corrected chi connectivity index (χ3v) is 11.7. The van der Waals surface area contributed by atoms with Crippen molar-refractivity contribution >= 4 is 16.0 Å². The van der Waals surface area contributed by atoms with Gasteiger partial charge >= 0.3 is 0 Å². The van der Waals surface area contributed by atoms with E-state index in [1.807, 2.05) is 0 Å². The number of amides is 1. The first kappa shape index (κ1) is 27.3. The maximum absolute atomic E-state index is 12.2. The average Bonchev–Trinajstić information content (AvgIpc) is 3.12. The first-order chi connectivity index (χ1) is 16.3. The van der Waals surface area contributed by atoms with Crippen LogP contribution in [0, 0.1) is 46.3 Å². The van der Waals surface area contributed by atoms with E-state index in [2.05, 4.69) is 26.1 Å². The largest absolute Gasteiger partial charge is 0.393 e. The van der Waals surface area contributed by atoms with Crippen LogP contribution in [0.5, 0.6) is 0 Å². The fourth-order valence-corrected chi connectivity index (χ4v) is 9.46. The van der Waals surface area contributed by atoms with Crippen LogP contribution >= 0.6 is 0 Å². The summed E-state index contributed by atoms with van der Waals surface area (Å²) in [5, 5.41) is 35.8. The summed E-state index contributed by atoms with van der Waals surface area (Å²) in [5.41, 5.74) is -0.254. The number of carbonyl (C=O) groups excluding carboxylic acids is 1. The van der Waals surface area contributed by atoms with Crippen molar-refractivity contribution < 1.29 is 33.1 Å². The molecule has 8 nitrogen and oxygen atoms in total. The molecule has 0 aromatic carbocycles. The van der Waals surface area contributed by atoms with Gasteiger partial charge in [-0.05, 0) is 97.7 Å². The molecule has 0 heterocycles. The van der Waals surface area contributed by atoms with Gasteiger partial charge in [0.05, 0.1) is 24.1 Å². The average molecular weight is 518 g/mol. The van der Waals surface area contributed by atoms with E-state index in [1.54, 1.807) is 0 Å². The van der Waals surface area contributed by atoms with E-state index >= 15 is 0 Å². The fourth-order valence-electron chi connectivity index (χ4n) is 9.10. The Morgan fingerprint density at radius 3 is 2.46 bits per heavy atom. The molecule has 5 N–H and O–H groups in total. The van der Waals surface area contributed by atoms with Gasteiger partial charge in [0.2, 0.25) is 5.91 Å². The number of rotatable bonds is 7. The van der Waals surface area contributed by atoms with E-state index in [-0.39, 0.29) is 65.4 Å². The van der Waals surface area contributed by atoms with E-state index in [9.17, 15) is 28.5 Å². The van der Waals surface area contributed by atoms with E-state index < -0.39 is 28.1 Å². The second kappa shape index (κ2) is 9.86. The number of aliphatic hydroxyl groups excluding tert-OH is 3. The highest BCUT2D eigenvalue weighted by atomic mass is 32.2. The van der Waals surface area contributed by atoms with E-state index in [0.29, 0.717) is 18.8 Å². The van der Waals surface area contributed by atoms with Crippen LogP contribution in [-0.2, 0) is 14.9 Å². The van der Waals surface area contributed by atoms with Gasteiger partial charge in [-0.2, -0.15) is 8.42 Å². The molecule has 0 spiro atoms. The lowest BCUT2D eigenvalue weighted by atomic mass is 9.43. The van der Waals surface area contributed by atoms with E-state index in [0.717, 1.165) is 38.5 Å². The Morgan fingerprint density at radius 2 is 1.77 bits per heavy atom. The molecule has 0 aliphatic heterocycles. The van der Waals surface area contributed by atoms with Crippen LogP contribution in [0.15, 0.2) is 0 Å². The minimum absolute atomic E-state index is 0.0509. The second-order valence-corrected chi connectivity index (χ2v) is 14.2. The Kier molecular flexibility index (Phi) is 7.69. The normalized spacial score (nSPS) is 46.3. The van der Waals surface area contributed by atoms with Crippen molar-refractivity contribution in [2.24, 2.45) is 46.3 Å². The molecule has 4 fully saturated rings. The summed E-state index contributed by atoms with van der Waals surface area (Å²) in [5.74, 6) is 0.705. The number of carbonyl (C=O) groups is 1. The van der Waals surface area contributed by atoms with Gasteiger partial charge in [0.1, 0.15) is 0 Å². The van der Waals surface area contributed by atoms with Crippen molar-refractivity contribution in [3.8, 4) is 0 Å². The van der Waals surface area contributed by atoms with Crippen LogP contribution in [0.4, 0.5) is 0 Å². The summed E-state index contributed by atoms with van der Waals surface area (Å²) in [6.07, 6.45) is 5.67. The summed E-state index contributed by atoms with van der Waals surface area (Å²) < 4.78 is 30.5. The minimum Gasteiger partial charge on any atom is -0.393 e. The van der Waals surface area contributed by atoms with Crippen LogP contribution in [0.1, 0.15) is 78.6 Å². The third kappa shape index (κ3) is 5.05. The van der Waals surface area contributed by atoms with Gasteiger partial charge in [-0.15, -0.1) is 0 Å². The van der Waals surface area contributed by atoms with Crippen molar-refractivity contribution in [2.45, 2.75) is 96.9 Å². The van der Waals surface area contributed by atoms with E-state index in [1.165, 1.54) is 0 Å². The topological polar surface area (TPSA) is 144 Å². The highest BCUT2D eigenvalue weighted by molar-refractivity contribution is 7.85. The van der Waals surface area contributed by atoms with Gasteiger partial charge in [0.25, 0.3) is 10.1 Å². The molecule has 0 aromatic rings. The highest BCUT2D eigenvalue weighted by Gasteiger charge is 2.65. The lowest BCUT2D eigenvalue weighted by Crippen LogP contribution is -2.62. The van der Waals surface area contributed by atoms with Crippen LogP contribution in [0.25, 0.3) is 0 Å². The standard InChI is InChI=1S/C26H45NO7S/c1-15(4-7-23(31)27-10-11-35(32,33)34)18-5-6-19-24-20(14-22(30)26(18,19)3)25(2)9-8-17(28)12-16(25)13-21(24)29/h15-22,24,28-30H,4-14H2,1-3H3,(H,27,31)(H,32,33,34)/t15-,16+,17-,18-,19+,20+,21-,22+,24+,25+,26-/m1/s1/i23+2. The van der Waals surface area contributed by atoms with Gasteiger partial charge in [-0.1, -0.05) is 20.8 Å². The minimum atomic E-state index is -4.10. The molecule has 202 valence electrons. The number of hydrogen-bond donors (Lipinski definition) is 5. The van der Waals surface area contributed by atoms with Crippen LogP contribution in [0.3, 0.4) is 0 Å². The summed E-state index contributed by atoms with van der Waals surface area (Å²) in [4.78, 5) is 12.2. The summed E-state index contributed by atoms with van der Waals surface area (Å²) in [7, 11) is -4.10. The zero-order chi connectivity index (χ0) is 25.8. The summed E-state index contributed by atoms with van der Waals surface area (Å²) in [6.45, 7) is 6.56. The van der Waals surface area contributed by atoms with Gasteiger partial charge in [-0.25, -0.2) is 0 Å². The zero-order valence-corrected chi connectivity index (χ0v) is 22.2. The van der Waals surface area contributed by atoms with Crippen molar-refractivity contribution in [2.75, 3.05) is 12.3 Å². The Labute approximate surface area is 210 Å². The Balaban J connectivity index is 1.43. The SMILES string of the molecule is C[C@H](CC[14C](=O)NCCS(=O)(=O)O)[C@H]1CC[C@H]2[C@@H]3[C@H](O)C[C@@H]4C[C@H](O)CC[C@]4(C)[C@H]3C[C@H](O)[C@]12C. The van der Waals surface area contributed by atoms with E-state index in [4.69, 9.17) is 4.55 Å². The molecule has 4 rings (SSSR count). The maximum Gasteiger partial charge on any atom is 0.266 e. The number of nitrogens with one attached hydrogen (secondary N) is 1. The molecule has 0 bridgehead atoms. The lowest BCUT2D eigenvalue weighted by Gasteiger charge is -2.63. The molecule has 4 saturated carbocycles. The van der Waals surface area contributed by atoms with Crippen LogP contribution < -0.4 is 5.32 Å². The number of aliphatic hydroxyl groups is 3. The molecule has 0 unspecified atom stereocenters. The molecule has 0 saturated heterocycles. The molecule has 4 aliphatic rings. The zero-order valence-electron chi connectivity index (χ0n) is 21.4. The molecule has 35 heavy (non-hydrogen) atoms. The Bertz CT molecular complexity index is 896. The van der Waals surface area contributed by atoms with Gasteiger partial charge in [0.15, 0.2) is 0 Å². The smallest absolute Gasteiger partial charge is 0.266 e. The molecule has 9 heteroatoms. The molecule has 4 aliphatic carbocycles. The Morgan fingerprint density at radius 1 is 1.06 bits per heavy atom. The molecular formula is C26H45NO7S. The second-order valence-electron chi connectivity index (χ2n) is 12.7.